The second-order valence-electron chi connectivity index (χ2n) is 3.24. The number of rotatable bonds is 6. The minimum atomic E-state index is -0.0385. The number of hydrogen-bond acceptors (Lipinski definition) is 3. The molecule has 0 amide bonds. The molecule has 0 bridgehead atoms. The van der Waals surface area contributed by atoms with Crippen LogP contribution < -0.4 is 4.74 Å². The van der Waals surface area contributed by atoms with E-state index in [2.05, 4.69) is 0 Å². The highest BCUT2D eigenvalue weighted by molar-refractivity contribution is 5.97. The van der Waals surface area contributed by atoms with Crippen LogP contribution in [-0.2, 0) is 4.74 Å². The van der Waals surface area contributed by atoms with Crippen molar-refractivity contribution in [1.29, 1.82) is 0 Å². The molecule has 0 heterocycles. The van der Waals surface area contributed by atoms with E-state index in [4.69, 9.17) is 9.47 Å². The van der Waals surface area contributed by atoms with Gasteiger partial charge in [0.15, 0.2) is 5.78 Å². The fraction of sp³-hybridized carbons (Fsp3) is 0.308. The molecule has 0 saturated carbocycles. The average Bonchev–Trinajstić information content (AvgIpc) is 2.34. The zero-order valence-electron chi connectivity index (χ0n) is 9.60. The van der Waals surface area contributed by atoms with Crippen molar-refractivity contribution in [3.8, 4) is 5.75 Å². The smallest absolute Gasteiger partial charge is 0.188 e. The van der Waals surface area contributed by atoms with Crippen molar-refractivity contribution in [2.45, 2.75) is 6.92 Å². The number of carbonyl (C=O) groups is 1. The van der Waals surface area contributed by atoms with E-state index in [0.29, 0.717) is 17.9 Å². The van der Waals surface area contributed by atoms with Gasteiger partial charge in [0.2, 0.25) is 0 Å². The number of benzene rings is 1. The van der Waals surface area contributed by atoms with Crippen LogP contribution in [0.15, 0.2) is 36.4 Å². The van der Waals surface area contributed by atoms with Crippen LogP contribution in [0.1, 0.15) is 17.3 Å². The van der Waals surface area contributed by atoms with Crippen molar-refractivity contribution < 1.29 is 14.3 Å². The molecule has 0 aromatic heterocycles. The molecule has 0 unspecified atom stereocenters. The Kier molecular flexibility index (Phi) is 5.29. The van der Waals surface area contributed by atoms with Gasteiger partial charge in [-0.3, -0.25) is 4.79 Å². The number of ether oxygens (including phenoxy) is 2. The van der Waals surface area contributed by atoms with Crippen LogP contribution in [0.4, 0.5) is 0 Å². The molecule has 0 atom stereocenters. The predicted molar refractivity (Wildman–Crippen MR) is 63.0 cm³/mol. The number of allylic oxidation sites excluding steroid dienone is 1. The molecule has 0 aliphatic rings. The van der Waals surface area contributed by atoms with Crippen molar-refractivity contribution in [1.82, 2.24) is 0 Å². The van der Waals surface area contributed by atoms with Gasteiger partial charge >= 0.3 is 0 Å². The summed E-state index contributed by atoms with van der Waals surface area (Å²) >= 11 is 0. The summed E-state index contributed by atoms with van der Waals surface area (Å²) in [6.07, 6.45) is 3.74. The summed E-state index contributed by atoms with van der Waals surface area (Å²) < 4.78 is 10.2. The Morgan fingerprint density at radius 3 is 2.94 bits per heavy atom. The third-order valence-corrected chi connectivity index (χ3v) is 2.07. The minimum Gasteiger partial charge on any atom is -0.497 e. The SMILES string of the molecule is CC=CCOCC(=O)c1cccc(OC)c1. The highest BCUT2D eigenvalue weighted by Crippen LogP contribution is 2.12. The second kappa shape index (κ2) is 6.80. The first-order chi connectivity index (χ1) is 7.77. The van der Waals surface area contributed by atoms with E-state index in [-0.39, 0.29) is 12.4 Å². The second-order valence-corrected chi connectivity index (χ2v) is 3.24. The van der Waals surface area contributed by atoms with E-state index >= 15 is 0 Å². The van der Waals surface area contributed by atoms with Crippen LogP contribution in [0, 0.1) is 0 Å². The molecule has 0 N–H and O–H groups in total. The van der Waals surface area contributed by atoms with Gasteiger partial charge in [0.05, 0.1) is 13.7 Å². The molecule has 0 saturated heterocycles. The summed E-state index contributed by atoms with van der Waals surface area (Å²) in [7, 11) is 1.58. The summed E-state index contributed by atoms with van der Waals surface area (Å²) in [4.78, 5) is 11.7. The zero-order chi connectivity index (χ0) is 11.8. The van der Waals surface area contributed by atoms with E-state index in [1.807, 2.05) is 19.1 Å². The van der Waals surface area contributed by atoms with Gasteiger partial charge in [-0.2, -0.15) is 0 Å². The molecule has 1 rings (SSSR count). The topological polar surface area (TPSA) is 35.5 Å². The van der Waals surface area contributed by atoms with E-state index in [9.17, 15) is 4.79 Å². The van der Waals surface area contributed by atoms with Gasteiger partial charge < -0.3 is 9.47 Å². The Hall–Kier alpha value is -1.61. The Morgan fingerprint density at radius 1 is 1.44 bits per heavy atom. The molecule has 0 fully saturated rings. The lowest BCUT2D eigenvalue weighted by Gasteiger charge is -2.03. The summed E-state index contributed by atoms with van der Waals surface area (Å²) in [5.41, 5.74) is 0.611. The summed E-state index contributed by atoms with van der Waals surface area (Å²) in [5, 5.41) is 0. The van der Waals surface area contributed by atoms with Gasteiger partial charge in [-0.15, -0.1) is 0 Å². The monoisotopic (exact) mass is 220 g/mol. The molecule has 86 valence electrons. The molecule has 1 aromatic carbocycles. The van der Waals surface area contributed by atoms with Crippen LogP contribution in [0.2, 0.25) is 0 Å². The van der Waals surface area contributed by atoms with Crippen LogP contribution in [0.3, 0.4) is 0 Å². The van der Waals surface area contributed by atoms with Crippen molar-refractivity contribution in [3.63, 3.8) is 0 Å². The van der Waals surface area contributed by atoms with Gasteiger partial charge in [0.25, 0.3) is 0 Å². The number of carbonyl (C=O) groups excluding carboxylic acids is 1. The molecule has 0 spiro atoms. The maximum absolute atomic E-state index is 11.7. The average molecular weight is 220 g/mol. The maximum atomic E-state index is 11.7. The van der Waals surface area contributed by atoms with Crippen molar-refractivity contribution >= 4 is 5.78 Å². The Balaban J connectivity index is 2.52. The first kappa shape index (κ1) is 12.5. The number of Topliss-reactive ketones (excluding diaryl/α,β-unsaturated/α-hetero) is 1. The zero-order valence-corrected chi connectivity index (χ0v) is 9.60. The Morgan fingerprint density at radius 2 is 2.25 bits per heavy atom. The number of hydrogen-bond donors (Lipinski definition) is 0. The highest BCUT2D eigenvalue weighted by atomic mass is 16.5. The first-order valence-corrected chi connectivity index (χ1v) is 5.14. The fourth-order valence-corrected chi connectivity index (χ4v) is 1.20. The van der Waals surface area contributed by atoms with Crippen LogP contribution in [-0.4, -0.2) is 26.1 Å². The molecule has 0 radical (unpaired) electrons. The van der Waals surface area contributed by atoms with Crippen LogP contribution >= 0.6 is 0 Å². The molecule has 16 heavy (non-hydrogen) atoms. The fourth-order valence-electron chi connectivity index (χ4n) is 1.20. The van der Waals surface area contributed by atoms with E-state index in [0.717, 1.165) is 0 Å². The highest BCUT2D eigenvalue weighted by Gasteiger charge is 2.06. The third kappa shape index (κ3) is 3.87. The van der Waals surface area contributed by atoms with Gasteiger partial charge in [0, 0.05) is 5.56 Å². The van der Waals surface area contributed by atoms with Gasteiger partial charge in [-0.05, 0) is 19.1 Å². The molecular formula is C13H16O3. The summed E-state index contributed by atoms with van der Waals surface area (Å²) in [6.45, 7) is 2.47. The molecule has 3 nitrogen and oxygen atoms in total. The van der Waals surface area contributed by atoms with Crippen molar-refractivity contribution in [2.24, 2.45) is 0 Å². The normalized spacial score (nSPS) is 10.6. The van der Waals surface area contributed by atoms with Crippen LogP contribution in [0.5, 0.6) is 5.75 Å². The quantitative estimate of drug-likeness (QED) is 0.419. The largest absolute Gasteiger partial charge is 0.497 e. The van der Waals surface area contributed by atoms with E-state index < -0.39 is 0 Å². The lowest BCUT2D eigenvalue weighted by molar-refractivity contribution is 0.0805. The lowest BCUT2D eigenvalue weighted by atomic mass is 10.1. The molecule has 1 aromatic rings. The molecular weight excluding hydrogens is 204 g/mol. The summed E-state index contributed by atoms with van der Waals surface area (Å²) in [6, 6.07) is 7.06. The molecule has 3 heteroatoms. The van der Waals surface area contributed by atoms with Gasteiger partial charge in [-0.25, -0.2) is 0 Å². The van der Waals surface area contributed by atoms with Gasteiger partial charge in [0.1, 0.15) is 12.4 Å². The Labute approximate surface area is 95.7 Å². The van der Waals surface area contributed by atoms with Gasteiger partial charge in [-0.1, -0.05) is 24.3 Å². The number of ketones is 1. The van der Waals surface area contributed by atoms with E-state index in [1.165, 1.54) is 0 Å². The summed E-state index contributed by atoms with van der Waals surface area (Å²) in [5.74, 6) is 0.641. The minimum absolute atomic E-state index is 0.0385. The first-order valence-electron chi connectivity index (χ1n) is 5.14. The third-order valence-electron chi connectivity index (χ3n) is 2.07. The van der Waals surface area contributed by atoms with Crippen LogP contribution in [0.25, 0.3) is 0 Å². The van der Waals surface area contributed by atoms with Crippen molar-refractivity contribution in [2.75, 3.05) is 20.3 Å². The maximum Gasteiger partial charge on any atom is 0.188 e. The molecule has 0 aliphatic carbocycles. The standard InChI is InChI=1S/C13H16O3/c1-3-4-8-16-10-13(14)11-6-5-7-12(9-11)15-2/h3-7,9H,8,10H2,1-2H3. The van der Waals surface area contributed by atoms with Crippen molar-refractivity contribution in [3.05, 3.63) is 42.0 Å². The Bertz CT molecular complexity index is 369. The number of methoxy groups -OCH3 is 1. The lowest BCUT2D eigenvalue weighted by Crippen LogP contribution is -2.09. The predicted octanol–water partition coefficient (Wildman–Crippen LogP) is 2.47. The van der Waals surface area contributed by atoms with E-state index in [1.54, 1.807) is 31.4 Å². The molecule has 0 aliphatic heterocycles.